The van der Waals surface area contributed by atoms with Crippen LogP contribution in [0, 0.1) is 0 Å². The van der Waals surface area contributed by atoms with Crippen LogP contribution in [0.2, 0.25) is 0 Å². The lowest BCUT2D eigenvalue weighted by molar-refractivity contribution is 0.0572. The van der Waals surface area contributed by atoms with Gasteiger partial charge in [0.25, 0.3) is 5.91 Å². The molecule has 20 heavy (non-hydrogen) atoms. The van der Waals surface area contributed by atoms with Gasteiger partial charge < -0.3 is 15.1 Å². The second kappa shape index (κ2) is 5.07. The Kier molecular flexibility index (Phi) is 3.25. The quantitative estimate of drug-likeness (QED) is 0.732. The second-order valence-electron chi connectivity index (χ2n) is 4.87. The van der Waals surface area contributed by atoms with Crippen LogP contribution in [0.3, 0.4) is 0 Å². The molecular weight excluding hydrogens is 258 g/mol. The summed E-state index contributed by atoms with van der Waals surface area (Å²) in [5, 5.41) is 25.8. The molecular formula is C14H15N3O3. The molecule has 1 saturated heterocycles. The van der Waals surface area contributed by atoms with Crippen LogP contribution in [-0.4, -0.2) is 56.5 Å². The minimum absolute atomic E-state index is 0.138. The van der Waals surface area contributed by atoms with Gasteiger partial charge in [0.2, 0.25) is 0 Å². The molecule has 104 valence electrons. The number of aliphatic hydroxyl groups is 2. The molecule has 1 aliphatic rings. The van der Waals surface area contributed by atoms with E-state index in [2.05, 4.69) is 10.2 Å². The Morgan fingerprint density at radius 3 is 2.50 bits per heavy atom. The first-order chi connectivity index (χ1) is 9.66. The molecule has 0 saturated carbocycles. The van der Waals surface area contributed by atoms with Crippen LogP contribution in [0.15, 0.2) is 36.5 Å². The number of amides is 1. The van der Waals surface area contributed by atoms with Gasteiger partial charge in [0.05, 0.1) is 29.7 Å². The van der Waals surface area contributed by atoms with Crippen LogP contribution in [0.25, 0.3) is 11.3 Å². The molecule has 0 radical (unpaired) electrons. The predicted octanol–water partition coefficient (Wildman–Crippen LogP) is 0.254. The largest absolute Gasteiger partial charge is 0.388 e. The van der Waals surface area contributed by atoms with E-state index in [-0.39, 0.29) is 19.0 Å². The number of carbonyl (C=O) groups excluding carboxylic acids is 1. The van der Waals surface area contributed by atoms with E-state index < -0.39 is 12.2 Å². The Bertz CT molecular complexity index is 601. The number of aromatic amines is 1. The summed E-state index contributed by atoms with van der Waals surface area (Å²) < 4.78 is 0. The van der Waals surface area contributed by atoms with Crippen LogP contribution >= 0.6 is 0 Å². The molecule has 0 unspecified atom stereocenters. The molecule has 6 nitrogen and oxygen atoms in total. The first-order valence-corrected chi connectivity index (χ1v) is 6.41. The maximum Gasteiger partial charge on any atom is 0.257 e. The Balaban J connectivity index is 1.89. The molecule has 2 atom stereocenters. The van der Waals surface area contributed by atoms with Crippen LogP contribution in [0.4, 0.5) is 0 Å². The van der Waals surface area contributed by atoms with Crippen molar-refractivity contribution in [3.63, 3.8) is 0 Å². The van der Waals surface area contributed by atoms with Crippen molar-refractivity contribution >= 4 is 5.91 Å². The fraction of sp³-hybridized carbons (Fsp3) is 0.286. The smallest absolute Gasteiger partial charge is 0.257 e. The standard InChI is InChI=1S/C14H15N3O3/c18-11-7-17(8-12(11)19)14(20)10-6-15-16-13(10)9-4-2-1-3-5-9/h1-6,11-12,18-19H,7-8H2,(H,15,16)/t11-,12+. The molecule has 2 heterocycles. The van der Waals surface area contributed by atoms with E-state index in [1.54, 1.807) is 0 Å². The minimum atomic E-state index is -0.883. The van der Waals surface area contributed by atoms with Gasteiger partial charge in [-0.2, -0.15) is 5.10 Å². The van der Waals surface area contributed by atoms with E-state index in [0.717, 1.165) is 5.56 Å². The molecule has 1 fully saturated rings. The van der Waals surface area contributed by atoms with Gasteiger partial charge in [-0.05, 0) is 0 Å². The zero-order valence-corrected chi connectivity index (χ0v) is 10.7. The molecule has 1 aromatic carbocycles. The highest BCUT2D eigenvalue weighted by atomic mass is 16.3. The number of nitrogens with zero attached hydrogens (tertiary/aromatic N) is 2. The lowest BCUT2D eigenvalue weighted by Crippen LogP contribution is -2.29. The third-order valence-electron chi connectivity index (χ3n) is 3.48. The Morgan fingerprint density at radius 2 is 1.85 bits per heavy atom. The van der Waals surface area contributed by atoms with Crippen molar-refractivity contribution in [2.75, 3.05) is 13.1 Å². The van der Waals surface area contributed by atoms with Crippen molar-refractivity contribution in [1.82, 2.24) is 15.1 Å². The van der Waals surface area contributed by atoms with Crippen molar-refractivity contribution in [3.05, 3.63) is 42.1 Å². The monoisotopic (exact) mass is 273 g/mol. The number of aliphatic hydroxyl groups excluding tert-OH is 2. The normalized spacial score (nSPS) is 22.2. The number of H-pyrrole nitrogens is 1. The first-order valence-electron chi connectivity index (χ1n) is 6.41. The van der Waals surface area contributed by atoms with E-state index in [4.69, 9.17) is 0 Å². The van der Waals surface area contributed by atoms with E-state index >= 15 is 0 Å². The highest BCUT2D eigenvalue weighted by Crippen LogP contribution is 2.23. The minimum Gasteiger partial charge on any atom is -0.388 e. The maximum absolute atomic E-state index is 12.4. The summed E-state index contributed by atoms with van der Waals surface area (Å²) in [4.78, 5) is 13.9. The molecule has 0 aliphatic carbocycles. The SMILES string of the molecule is O=C(c1cn[nH]c1-c1ccccc1)N1C[C@@H](O)[C@@H](O)C1. The molecule has 0 spiro atoms. The van der Waals surface area contributed by atoms with E-state index in [9.17, 15) is 15.0 Å². The Labute approximate surface area is 115 Å². The highest BCUT2D eigenvalue weighted by molar-refractivity contribution is 5.99. The predicted molar refractivity (Wildman–Crippen MR) is 71.9 cm³/mol. The molecule has 0 bridgehead atoms. The number of β-amino-alcohol motifs (C(OH)–C–C–N with tert-alkyl or cyclic N) is 2. The number of rotatable bonds is 2. The number of likely N-dealkylation sites (tertiary alicyclic amines) is 1. The fourth-order valence-corrected chi connectivity index (χ4v) is 2.38. The van der Waals surface area contributed by atoms with E-state index in [0.29, 0.717) is 11.3 Å². The lowest BCUT2D eigenvalue weighted by Gasteiger charge is -2.15. The van der Waals surface area contributed by atoms with Crippen molar-refractivity contribution in [2.24, 2.45) is 0 Å². The molecule has 3 N–H and O–H groups in total. The van der Waals surface area contributed by atoms with Gasteiger partial charge in [0.1, 0.15) is 0 Å². The molecule has 1 amide bonds. The summed E-state index contributed by atoms with van der Waals surface area (Å²) in [5.74, 6) is -0.242. The van der Waals surface area contributed by atoms with Gasteiger partial charge in [-0.25, -0.2) is 0 Å². The van der Waals surface area contributed by atoms with Gasteiger partial charge in [0.15, 0.2) is 0 Å². The molecule has 1 aliphatic heterocycles. The van der Waals surface area contributed by atoms with Crippen LogP contribution in [-0.2, 0) is 0 Å². The van der Waals surface area contributed by atoms with Crippen molar-refractivity contribution < 1.29 is 15.0 Å². The van der Waals surface area contributed by atoms with Gasteiger partial charge >= 0.3 is 0 Å². The summed E-state index contributed by atoms with van der Waals surface area (Å²) in [6, 6.07) is 9.44. The number of aromatic nitrogens is 2. The second-order valence-corrected chi connectivity index (χ2v) is 4.87. The summed E-state index contributed by atoms with van der Waals surface area (Å²) >= 11 is 0. The van der Waals surface area contributed by atoms with Crippen molar-refractivity contribution in [2.45, 2.75) is 12.2 Å². The van der Waals surface area contributed by atoms with Gasteiger partial charge in [0, 0.05) is 18.7 Å². The van der Waals surface area contributed by atoms with Gasteiger partial charge in [-0.15, -0.1) is 0 Å². The fourth-order valence-electron chi connectivity index (χ4n) is 2.38. The number of hydrogen-bond donors (Lipinski definition) is 3. The number of carbonyl (C=O) groups is 1. The maximum atomic E-state index is 12.4. The van der Waals surface area contributed by atoms with Gasteiger partial charge in [-0.3, -0.25) is 9.89 Å². The first kappa shape index (κ1) is 12.8. The third kappa shape index (κ3) is 2.19. The number of nitrogens with one attached hydrogen (secondary N) is 1. The Morgan fingerprint density at radius 1 is 1.20 bits per heavy atom. The van der Waals surface area contributed by atoms with Gasteiger partial charge in [-0.1, -0.05) is 30.3 Å². The average molecular weight is 273 g/mol. The average Bonchev–Trinajstić information content (AvgIpc) is 3.07. The number of hydrogen-bond acceptors (Lipinski definition) is 4. The number of benzene rings is 1. The lowest BCUT2D eigenvalue weighted by atomic mass is 10.1. The molecule has 1 aromatic heterocycles. The van der Waals surface area contributed by atoms with Crippen molar-refractivity contribution in [3.8, 4) is 11.3 Å². The highest BCUT2D eigenvalue weighted by Gasteiger charge is 2.34. The molecule has 2 aromatic rings. The summed E-state index contributed by atoms with van der Waals surface area (Å²) in [5.41, 5.74) is 1.96. The zero-order chi connectivity index (χ0) is 14.1. The zero-order valence-electron chi connectivity index (χ0n) is 10.7. The van der Waals surface area contributed by atoms with Crippen molar-refractivity contribution in [1.29, 1.82) is 0 Å². The summed E-state index contributed by atoms with van der Waals surface area (Å²) in [6.45, 7) is 0.277. The van der Waals surface area contributed by atoms with Crippen LogP contribution < -0.4 is 0 Å². The summed E-state index contributed by atoms with van der Waals surface area (Å²) in [6.07, 6.45) is -0.293. The molecule has 6 heteroatoms. The van der Waals surface area contributed by atoms with Crippen LogP contribution in [0.1, 0.15) is 10.4 Å². The van der Waals surface area contributed by atoms with E-state index in [1.165, 1.54) is 11.1 Å². The third-order valence-corrected chi connectivity index (χ3v) is 3.48. The molecule has 3 rings (SSSR count). The Hall–Kier alpha value is -2.18. The topological polar surface area (TPSA) is 89.5 Å². The van der Waals surface area contributed by atoms with Crippen LogP contribution in [0.5, 0.6) is 0 Å². The van der Waals surface area contributed by atoms with E-state index in [1.807, 2.05) is 30.3 Å². The summed E-state index contributed by atoms with van der Waals surface area (Å²) in [7, 11) is 0.